The van der Waals surface area contributed by atoms with E-state index in [-0.39, 0.29) is 18.2 Å². The maximum absolute atomic E-state index is 12.9. The lowest BCUT2D eigenvalue weighted by atomic mass is 9.87. The Morgan fingerprint density at radius 2 is 1.92 bits per heavy atom. The number of anilines is 1. The fourth-order valence-corrected chi connectivity index (χ4v) is 3.40. The quantitative estimate of drug-likeness (QED) is 0.803. The largest absolute Gasteiger partial charge is 0.416 e. The van der Waals surface area contributed by atoms with Crippen LogP contribution in [0.2, 0.25) is 0 Å². The molecule has 1 spiro atoms. The first kappa shape index (κ1) is 19.5. The number of rotatable bonds is 2. The second-order valence-electron chi connectivity index (χ2n) is 5.85. The van der Waals surface area contributed by atoms with Crippen molar-refractivity contribution in [3.05, 3.63) is 23.9 Å². The van der Waals surface area contributed by atoms with Crippen molar-refractivity contribution >= 4 is 30.2 Å². The molecule has 0 atom stereocenters. The smallest absolute Gasteiger partial charge is 0.317 e. The van der Waals surface area contributed by atoms with Crippen molar-refractivity contribution in [1.29, 1.82) is 0 Å². The van der Waals surface area contributed by atoms with Gasteiger partial charge in [-0.05, 0) is 45.0 Å². The topological polar surface area (TPSA) is 65.5 Å². The summed E-state index contributed by atoms with van der Waals surface area (Å²) >= 11 is 0. The second kappa shape index (κ2) is 6.80. The van der Waals surface area contributed by atoms with Crippen LogP contribution in [0.15, 0.2) is 18.3 Å². The van der Waals surface area contributed by atoms with Crippen molar-refractivity contribution in [2.45, 2.75) is 31.5 Å². The van der Waals surface area contributed by atoms with Crippen molar-refractivity contribution in [3.63, 3.8) is 0 Å². The zero-order chi connectivity index (χ0) is 17.5. The van der Waals surface area contributed by atoms with Crippen molar-refractivity contribution in [1.82, 2.24) is 15.2 Å². The molecule has 1 aromatic rings. The summed E-state index contributed by atoms with van der Waals surface area (Å²) in [4.78, 5) is 31.7. The first-order valence-electron chi connectivity index (χ1n) is 7.71. The third kappa shape index (κ3) is 3.06. The first-order valence-corrected chi connectivity index (χ1v) is 7.71. The number of imide groups is 1. The van der Waals surface area contributed by atoms with Gasteiger partial charge in [0.15, 0.2) is 0 Å². The van der Waals surface area contributed by atoms with Crippen LogP contribution in [0, 0.1) is 0 Å². The van der Waals surface area contributed by atoms with Gasteiger partial charge in [-0.3, -0.25) is 4.79 Å². The zero-order valence-corrected chi connectivity index (χ0v) is 14.3. The molecule has 138 valence electrons. The van der Waals surface area contributed by atoms with Gasteiger partial charge in [-0.2, -0.15) is 13.2 Å². The molecule has 10 heteroatoms. The summed E-state index contributed by atoms with van der Waals surface area (Å²) in [6.07, 6.45) is -2.75. The van der Waals surface area contributed by atoms with E-state index in [1.165, 1.54) is 4.90 Å². The van der Waals surface area contributed by atoms with E-state index in [1.54, 1.807) is 6.92 Å². The Morgan fingerprint density at radius 1 is 1.28 bits per heavy atom. The number of hydrogen-bond acceptors (Lipinski definition) is 4. The number of urea groups is 1. The highest BCUT2D eigenvalue weighted by atomic mass is 35.5. The summed E-state index contributed by atoms with van der Waals surface area (Å²) in [6.45, 7) is 3.19. The van der Waals surface area contributed by atoms with E-state index < -0.39 is 29.2 Å². The Labute approximate surface area is 148 Å². The molecule has 0 aromatic carbocycles. The average molecular weight is 379 g/mol. The summed E-state index contributed by atoms with van der Waals surface area (Å²) in [7, 11) is 0. The van der Waals surface area contributed by atoms with E-state index in [9.17, 15) is 22.8 Å². The molecule has 2 aliphatic rings. The fraction of sp³-hybridized carbons (Fsp3) is 0.533. The maximum atomic E-state index is 12.9. The van der Waals surface area contributed by atoms with Gasteiger partial charge in [0, 0.05) is 12.7 Å². The molecule has 2 aliphatic heterocycles. The zero-order valence-electron chi connectivity index (χ0n) is 13.5. The van der Waals surface area contributed by atoms with Crippen molar-refractivity contribution in [2.24, 2.45) is 0 Å². The molecule has 1 aromatic heterocycles. The number of likely N-dealkylation sites (N-methyl/N-ethyl adjacent to an activating group) is 1. The van der Waals surface area contributed by atoms with Crippen molar-refractivity contribution in [2.75, 3.05) is 24.5 Å². The SMILES string of the molecule is CCN1C(=O)N(c2cc(C(F)(F)F)ccn2)C(=O)C12CCNCC2.Cl. The summed E-state index contributed by atoms with van der Waals surface area (Å²) < 4.78 is 38.7. The third-order valence-electron chi connectivity index (χ3n) is 4.59. The molecule has 3 rings (SSSR count). The molecule has 0 aliphatic carbocycles. The van der Waals surface area contributed by atoms with E-state index in [0.29, 0.717) is 32.5 Å². The highest BCUT2D eigenvalue weighted by Crippen LogP contribution is 2.38. The summed E-state index contributed by atoms with van der Waals surface area (Å²) in [5, 5.41) is 3.13. The number of carbonyl (C=O) groups is 2. The van der Waals surface area contributed by atoms with E-state index in [0.717, 1.165) is 23.2 Å². The normalized spacial score (nSPS) is 20.2. The lowest BCUT2D eigenvalue weighted by molar-refractivity contribution is -0.137. The third-order valence-corrected chi connectivity index (χ3v) is 4.59. The van der Waals surface area contributed by atoms with Crippen LogP contribution in [-0.4, -0.2) is 47.0 Å². The molecule has 0 radical (unpaired) electrons. The molecule has 0 saturated carbocycles. The number of nitrogens with zero attached hydrogens (tertiary/aromatic N) is 3. The average Bonchev–Trinajstić information content (AvgIpc) is 2.74. The van der Waals surface area contributed by atoms with Gasteiger partial charge < -0.3 is 10.2 Å². The number of piperidine rings is 1. The van der Waals surface area contributed by atoms with Crippen LogP contribution in [-0.2, 0) is 11.0 Å². The first-order chi connectivity index (χ1) is 11.3. The Bertz CT molecular complexity index is 677. The van der Waals surface area contributed by atoms with Crippen LogP contribution in [0.4, 0.5) is 23.8 Å². The van der Waals surface area contributed by atoms with Crippen molar-refractivity contribution < 1.29 is 22.8 Å². The van der Waals surface area contributed by atoms with Gasteiger partial charge in [0.1, 0.15) is 11.4 Å². The molecule has 2 saturated heterocycles. The van der Waals surface area contributed by atoms with Gasteiger partial charge >= 0.3 is 12.2 Å². The predicted octanol–water partition coefficient (Wildman–Crippen LogP) is 2.43. The van der Waals surface area contributed by atoms with E-state index in [4.69, 9.17) is 0 Å². The van der Waals surface area contributed by atoms with Gasteiger partial charge in [-0.15, -0.1) is 12.4 Å². The molecule has 1 N–H and O–H groups in total. The van der Waals surface area contributed by atoms with Gasteiger partial charge in [0.25, 0.3) is 5.91 Å². The molecule has 3 amide bonds. The number of amides is 3. The van der Waals surface area contributed by atoms with Gasteiger partial charge in [-0.25, -0.2) is 14.7 Å². The molecular weight excluding hydrogens is 361 g/mol. The van der Waals surface area contributed by atoms with Crippen LogP contribution in [0.1, 0.15) is 25.3 Å². The highest BCUT2D eigenvalue weighted by molar-refractivity contribution is 6.22. The number of nitrogens with one attached hydrogen (secondary N) is 1. The Hall–Kier alpha value is -1.87. The van der Waals surface area contributed by atoms with Crippen LogP contribution < -0.4 is 10.2 Å². The molecule has 6 nitrogen and oxygen atoms in total. The maximum Gasteiger partial charge on any atom is 0.416 e. The molecule has 3 heterocycles. The molecule has 0 unspecified atom stereocenters. The standard InChI is InChI=1S/C15H17F3N4O2.ClH/c1-2-21-13(24)22(12(23)14(21)4-7-19-8-5-14)11-9-10(3-6-20-11)15(16,17)18;/h3,6,9,19H,2,4-5,7-8H2,1H3;1H. The van der Waals surface area contributed by atoms with Gasteiger partial charge in [0.05, 0.1) is 5.56 Å². The lowest BCUT2D eigenvalue weighted by Gasteiger charge is -2.37. The minimum Gasteiger partial charge on any atom is -0.317 e. The van der Waals surface area contributed by atoms with Crippen LogP contribution in [0.3, 0.4) is 0 Å². The highest BCUT2D eigenvalue weighted by Gasteiger charge is 2.57. The second-order valence-corrected chi connectivity index (χ2v) is 5.85. The molecule has 0 bridgehead atoms. The number of alkyl halides is 3. The van der Waals surface area contributed by atoms with Crippen molar-refractivity contribution in [3.8, 4) is 0 Å². The number of aromatic nitrogens is 1. The summed E-state index contributed by atoms with van der Waals surface area (Å²) in [6, 6.07) is 0.937. The van der Waals surface area contributed by atoms with E-state index >= 15 is 0 Å². The van der Waals surface area contributed by atoms with Crippen LogP contribution in [0.5, 0.6) is 0 Å². The number of hydrogen-bond donors (Lipinski definition) is 1. The Morgan fingerprint density at radius 3 is 2.48 bits per heavy atom. The summed E-state index contributed by atoms with van der Waals surface area (Å²) in [5.41, 5.74) is -1.94. The predicted molar refractivity (Wildman–Crippen MR) is 86.6 cm³/mol. The van der Waals surface area contributed by atoms with Crippen LogP contribution in [0.25, 0.3) is 0 Å². The monoisotopic (exact) mass is 378 g/mol. The molecular formula is C15H18ClF3N4O2. The minimum atomic E-state index is -4.57. The summed E-state index contributed by atoms with van der Waals surface area (Å²) in [5.74, 6) is -0.781. The Kier molecular flexibility index (Phi) is 5.29. The number of halogens is 4. The van der Waals surface area contributed by atoms with Gasteiger partial charge in [-0.1, -0.05) is 0 Å². The fourth-order valence-electron chi connectivity index (χ4n) is 3.40. The van der Waals surface area contributed by atoms with Crippen LogP contribution >= 0.6 is 12.4 Å². The lowest BCUT2D eigenvalue weighted by Crippen LogP contribution is -2.55. The van der Waals surface area contributed by atoms with E-state index in [1.807, 2.05) is 0 Å². The van der Waals surface area contributed by atoms with E-state index in [2.05, 4.69) is 10.3 Å². The molecule has 25 heavy (non-hydrogen) atoms. The number of carbonyl (C=O) groups excluding carboxylic acids is 2. The number of pyridine rings is 1. The van der Waals surface area contributed by atoms with Gasteiger partial charge in [0.2, 0.25) is 0 Å². The molecule has 2 fully saturated rings. The Balaban J connectivity index is 0.00000225. The minimum absolute atomic E-state index is 0.